The van der Waals surface area contributed by atoms with Gasteiger partial charge >= 0.3 is 0 Å². The number of rotatable bonds is 7. The number of hydrogen-bond acceptors (Lipinski definition) is 6. The van der Waals surface area contributed by atoms with E-state index < -0.39 is 6.10 Å². The first-order valence-corrected chi connectivity index (χ1v) is 8.84. The van der Waals surface area contributed by atoms with Crippen molar-refractivity contribution in [1.29, 1.82) is 0 Å². The van der Waals surface area contributed by atoms with E-state index in [1.165, 1.54) is 12.8 Å². The molecule has 1 fully saturated rings. The van der Waals surface area contributed by atoms with Crippen LogP contribution < -0.4 is 14.8 Å². The van der Waals surface area contributed by atoms with Crippen LogP contribution in [-0.2, 0) is 0 Å². The lowest BCUT2D eigenvalue weighted by molar-refractivity contribution is 0.0930. The van der Waals surface area contributed by atoms with Gasteiger partial charge in [-0.2, -0.15) is 0 Å². The summed E-state index contributed by atoms with van der Waals surface area (Å²) in [6.45, 7) is 5.96. The van der Waals surface area contributed by atoms with Gasteiger partial charge in [0, 0.05) is 12.6 Å². The average Bonchev–Trinajstić information content (AvgIpc) is 3.13. The summed E-state index contributed by atoms with van der Waals surface area (Å²) in [5.74, 6) is 1.41. The Morgan fingerprint density at radius 2 is 1.88 bits per heavy atom. The van der Waals surface area contributed by atoms with E-state index in [9.17, 15) is 10.2 Å². The number of ether oxygens (including phenoxy) is 2. The number of nitrogens with zero attached hydrogens (tertiary/aromatic N) is 1. The summed E-state index contributed by atoms with van der Waals surface area (Å²) in [5, 5.41) is 23.6. The first kappa shape index (κ1) is 17.5. The largest absolute Gasteiger partial charge is 0.486 e. The summed E-state index contributed by atoms with van der Waals surface area (Å²) in [4.78, 5) is 2.36. The molecule has 0 saturated carbocycles. The highest BCUT2D eigenvalue weighted by atomic mass is 16.6. The molecule has 2 aliphatic rings. The van der Waals surface area contributed by atoms with Gasteiger partial charge in [-0.05, 0) is 50.6 Å². The summed E-state index contributed by atoms with van der Waals surface area (Å²) in [6.07, 6.45) is 1.75. The second kappa shape index (κ2) is 8.16. The van der Waals surface area contributed by atoms with Gasteiger partial charge in [0.2, 0.25) is 0 Å². The van der Waals surface area contributed by atoms with Crippen molar-refractivity contribution < 1.29 is 19.7 Å². The van der Waals surface area contributed by atoms with Crippen molar-refractivity contribution in [3.05, 3.63) is 23.8 Å². The predicted molar refractivity (Wildman–Crippen MR) is 91.5 cm³/mol. The molecule has 3 N–H and O–H groups in total. The van der Waals surface area contributed by atoms with Crippen molar-refractivity contribution in [3.8, 4) is 11.5 Å². The SMILES string of the molecule is CC(CO)N[C@H](CN1CCCC1)[C@H](O)c1ccc2c(c1)OCCO2. The molecule has 0 bridgehead atoms. The van der Waals surface area contributed by atoms with Crippen molar-refractivity contribution >= 4 is 0 Å². The molecule has 2 heterocycles. The van der Waals surface area contributed by atoms with Gasteiger partial charge in [0.1, 0.15) is 13.2 Å². The van der Waals surface area contributed by atoms with Crippen LogP contribution in [0.5, 0.6) is 11.5 Å². The number of hydrogen-bond donors (Lipinski definition) is 3. The molecule has 24 heavy (non-hydrogen) atoms. The van der Waals surface area contributed by atoms with Gasteiger partial charge in [0.05, 0.1) is 18.8 Å². The minimum Gasteiger partial charge on any atom is -0.486 e. The number of likely N-dealkylation sites (tertiary alicyclic amines) is 1. The van der Waals surface area contributed by atoms with Gasteiger partial charge in [-0.15, -0.1) is 0 Å². The van der Waals surface area contributed by atoms with E-state index in [-0.39, 0.29) is 18.7 Å². The molecule has 0 aliphatic carbocycles. The predicted octanol–water partition coefficient (Wildman–Crippen LogP) is 0.926. The lowest BCUT2D eigenvalue weighted by Gasteiger charge is -2.31. The minimum atomic E-state index is -0.671. The molecule has 1 saturated heterocycles. The van der Waals surface area contributed by atoms with Gasteiger partial charge in [-0.3, -0.25) is 0 Å². The molecular weight excluding hydrogens is 308 g/mol. The van der Waals surface area contributed by atoms with Crippen LogP contribution in [0, 0.1) is 0 Å². The maximum atomic E-state index is 10.9. The first-order valence-electron chi connectivity index (χ1n) is 8.84. The summed E-state index contributed by atoms with van der Waals surface area (Å²) < 4.78 is 11.2. The zero-order valence-corrected chi connectivity index (χ0v) is 14.3. The van der Waals surface area contributed by atoms with Crippen LogP contribution in [0.2, 0.25) is 0 Å². The zero-order chi connectivity index (χ0) is 16.9. The Morgan fingerprint density at radius 3 is 2.58 bits per heavy atom. The van der Waals surface area contributed by atoms with Gasteiger partial charge < -0.3 is 29.9 Å². The number of aliphatic hydroxyl groups excluding tert-OH is 2. The molecule has 0 radical (unpaired) electrons. The fourth-order valence-electron chi connectivity index (χ4n) is 3.38. The van der Waals surface area contributed by atoms with E-state index in [0.717, 1.165) is 30.9 Å². The molecule has 0 aromatic heterocycles. The summed E-state index contributed by atoms with van der Waals surface area (Å²) >= 11 is 0. The Kier molecular flexibility index (Phi) is 5.94. The standard InChI is InChI=1S/C18H28N2O4/c1-13(12-21)19-15(11-20-6-2-3-7-20)18(22)14-4-5-16-17(10-14)24-9-8-23-16/h4-5,10,13,15,18-19,21-22H,2-3,6-9,11-12H2,1H3/t13?,15-,18-/m1/s1. The molecule has 6 nitrogen and oxygen atoms in total. The van der Waals surface area contributed by atoms with Crippen molar-refractivity contribution in [3.63, 3.8) is 0 Å². The van der Waals surface area contributed by atoms with Crippen molar-refractivity contribution in [1.82, 2.24) is 10.2 Å². The fourth-order valence-corrected chi connectivity index (χ4v) is 3.38. The van der Waals surface area contributed by atoms with Gasteiger partial charge in [0.25, 0.3) is 0 Å². The van der Waals surface area contributed by atoms with E-state index in [4.69, 9.17) is 9.47 Å². The molecule has 1 unspecified atom stereocenters. The fraction of sp³-hybridized carbons (Fsp3) is 0.667. The third kappa shape index (κ3) is 4.19. The molecule has 134 valence electrons. The lowest BCUT2D eigenvalue weighted by atomic mass is 10.00. The molecule has 3 rings (SSSR count). The Hall–Kier alpha value is -1.34. The van der Waals surface area contributed by atoms with E-state index in [0.29, 0.717) is 19.0 Å². The molecule has 0 spiro atoms. The second-order valence-corrected chi connectivity index (χ2v) is 6.71. The van der Waals surface area contributed by atoms with Crippen LogP contribution in [0.4, 0.5) is 0 Å². The smallest absolute Gasteiger partial charge is 0.161 e. The Labute approximate surface area is 143 Å². The van der Waals surface area contributed by atoms with Crippen LogP contribution in [-0.4, -0.2) is 66.7 Å². The third-order valence-electron chi connectivity index (χ3n) is 4.71. The number of nitrogens with one attached hydrogen (secondary N) is 1. The number of fused-ring (bicyclic) bond motifs is 1. The molecule has 1 aromatic carbocycles. The van der Waals surface area contributed by atoms with Crippen molar-refractivity contribution in [2.75, 3.05) is 39.5 Å². The number of aliphatic hydroxyl groups is 2. The minimum absolute atomic E-state index is 0.0460. The second-order valence-electron chi connectivity index (χ2n) is 6.71. The normalized spacial score (nSPS) is 21.5. The molecule has 2 aliphatic heterocycles. The lowest BCUT2D eigenvalue weighted by Crippen LogP contribution is -2.48. The molecular formula is C18H28N2O4. The summed E-state index contributed by atoms with van der Waals surface area (Å²) in [6, 6.07) is 5.40. The summed E-state index contributed by atoms with van der Waals surface area (Å²) in [5.41, 5.74) is 0.807. The van der Waals surface area contributed by atoms with Crippen LogP contribution in [0.25, 0.3) is 0 Å². The number of benzene rings is 1. The van der Waals surface area contributed by atoms with Gasteiger partial charge in [0.15, 0.2) is 11.5 Å². The topological polar surface area (TPSA) is 74.2 Å². The van der Waals surface area contributed by atoms with E-state index in [1.54, 1.807) is 0 Å². The highest BCUT2D eigenvalue weighted by molar-refractivity contribution is 5.44. The molecule has 3 atom stereocenters. The van der Waals surface area contributed by atoms with Crippen LogP contribution in [0.1, 0.15) is 31.4 Å². The van der Waals surface area contributed by atoms with Crippen LogP contribution in [0.3, 0.4) is 0 Å². The summed E-state index contributed by atoms with van der Waals surface area (Å²) in [7, 11) is 0. The van der Waals surface area contributed by atoms with Crippen molar-refractivity contribution in [2.24, 2.45) is 0 Å². The zero-order valence-electron chi connectivity index (χ0n) is 14.3. The van der Waals surface area contributed by atoms with E-state index in [2.05, 4.69) is 10.2 Å². The third-order valence-corrected chi connectivity index (χ3v) is 4.71. The quantitative estimate of drug-likeness (QED) is 0.688. The Morgan fingerprint density at radius 1 is 1.17 bits per heavy atom. The maximum Gasteiger partial charge on any atom is 0.161 e. The monoisotopic (exact) mass is 336 g/mol. The highest BCUT2D eigenvalue weighted by Gasteiger charge is 2.27. The van der Waals surface area contributed by atoms with Crippen molar-refractivity contribution in [2.45, 2.75) is 38.0 Å². The molecule has 0 amide bonds. The molecule has 6 heteroatoms. The molecule has 1 aromatic rings. The van der Waals surface area contributed by atoms with Gasteiger partial charge in [-0.1, -0.05) is 6.07 Å². The van der Waals surface area contributed by atoms with Crippen LogP contribution >= 0.6 is 0 Å². The average molecular weight is 336 g/mol. The maximum absolute atomic E-state index is 10.9. The van der Waals surface area contributed by atoms with E-state index >= 15 is 0 Å². The Balaban J connectivity index is 1.74. The van der Waals surface area contributed by atoms with Gasteiger partial charge in [-0.25, -0.2) is 0 Å². The van der Waals surface area contributed by atoms with E-state index in [1.807, 2.05) is 25.1 Å². The Bertz CT molecular complexity index is 534. The van der Waals surface area contributed by atoms with Crippen LogP contribution in [0.15, 0.2) is 18.2 Å². The highest BCUT2D eigenvalue weighted by Crippen LogP contribution is 2.33. The first-order chi connectivity index (χ1) is 11.7.